The van der Waals surface area contributed by atoms with Crippen LogP contribution in [0.25, 0.3) is 0 Å². The molecule has 0 aromatic heterocycles. The third-order valence-corrected chi connectivity index (χ3v) is 2.71. The molecule has 0 aromatic rings. The van der Waals surface area contributed by atoms with Gasteiger partial charge in [-0.15, -0.1) is 0 Å². The summed E-state index contributed by atoms with van der Waals surface area (Å²) in [6.45, 7) is 6.66. The van der Waals surface area contributed by atoms with Crippen LogP contribution in [-0.4, -0.2) is 12.0 Å². The van der Waals surface area contributed by atoms with Crippen molar-refractivity contribution in [1.82, 2.24) is 0 Å². The molecule has 0 aliphatic heterocycles. The van der Waals surface area contributed by atoms with Crippen molar-refractivity contribution in [1.29, 1.82) is 0 Å². The summed E-state index contributed by atoms with van der Waals surface area (Å²) >= 11 is 1.95. The minimum absolute atomic E-state index is 0.821. The zero-order valence-electron chi connectivity index (χ0n) is 8.89. The van der Waals surface area contributed by atoms with E-state index in [-0.39, 0.29) is 0 Å². The maximum atomic E-state index is 2.42. The molecular formula is C11H22S. The second kappa shape index (κ2) is 7.72. The van der Waals surface area contributed by atoms with Crippen LogP contribution >= 0.6 is 11.8 Å². The second-order valence-electron chi connectivity index (χ2n) is 3.55. The Morgan fingerprint density at radius 1 is 1.42 bits per heavy atom. The monoisotopic (exact) mass is 186 g/mol. The molecular weight excluding hydrogens is 164 g/mol. The predicted octanol–water partition coefficient (Wildman–Crippen LogP) is 4.12. The average Bonchev–Trinajstić information content (AvgIpc) is 2.02. The first-order valence-corrected chi connectivity index (χ1v) is 6.24. The molecule has 1 unspecified atom stereocenters. The summed E-state index contributed by atoms with van der Waals surface area (Å²) in [5.74, 6) is 2.13. The van der Waals surface area contributed by atoms with Gasteiger partial charge in [-0.3, -0.25) is 0 Å². The van der Waals surface area contributed by atoms with Gasteiger partial charge in [-0.1, -0.05) is 18.6 Å². The molecule has 0 aromatic carbocycles. The van der Waals surface area contributed by atoms with E-state index in [0.29, 0.717) is 0 Å². The Bertz CT molecular complexity index is 123. The maximum Gasteiger partial charge on any atom is -0.00701 e. The van der Waals surface area contributed by atoms with Crippen LogP contribution in [0.3, 0.4) is 0 Å². The largest absolute Gasteiger partial charge is 0.165 e. The lowest BCUT2D eigenvalue weighted by Gasteiger charge is -2.09. The van der Waals surface area contributed by atoms with Crippen molar-refractivity contribution in [2.45, 2.75) is 40.0 Å². The van der Waals surface area contributed by atoms with Gasteiger partial charge in [0.15, 0.2) is 0 Å². The van der Waals surface area contributed by atoms with E-state index in [1.165, 1.54) is 30.6 Å². The SMILES string of the molecule is CCC(C=C(C)C)CCCSC. The van der Waals surface area contributed by atoms with E-state index in [1.807, 2.05) is 11.8 Å². The van der Waals surface area contributed by atoms with Crippen LogP contribution < -0.4 is 0 Å². The predicted molar refractivity (Wildman–Crippen MR) is 60.8 cm³/mol. The molecule has 1 atom stereocenters. The Morgan fingerprint density at radius 3 is 2.50 bits per heavy atom. The van der Waals surface area contributed by atoms with E-state index in [2.05, 4.69) is 33.1 Å². The molecule has 0 N–H and O–H groups in total. The van der Waals surface area contributed by atoms with Crippen LogP contribution in [0, 0.1) is 5.92 Å². The van der Waals surface area contributed by atoms with Gasteiger partial charge in [0.25, 0.3) is 0 Å². The summed E-state index contributed by atoms with van der Waals surface area (Å²) in [4.78, 5) is 0. The van der Waals surface area contributed by atoms with Gasteiger partial charge < -0.3 is 0 Å². The zero-order valence-corrected chi connectivity index (χ0v) is 9.71. The van der Waals surface area contributed by atoms with Crippen LogP contribution in [0.4, 0.5) is 0 Å². The van der Waals surface area contributed by atoms with Crippen LogP contribution in [0.2, 0.25) is 0 Å². The molecule has 0 fully saturated rings. The fraction of sp³-hybridized carbons (Fsp3) is 0.818. The first-order chi connectivity index (χ1) is 5.70. The molecule has 12 heavy (non-hydrogen) atoms. The van der Waals surface area contributed by atoms with E-state index in [4.69, 9.17) is 0 Å². The van der Waals surface area contributed by atoms with Gasteiger partial charge in [-0.2, -0.15) is 11.8 Å². The Morgan fingerprint density at radius 2 is 2.08 bits per heavy atom. The number of rotatable bonds is 6. The van der Waals surface area contributed by atoms with Crippen molar-refractivity contribution in [2.24, 2.45) is 5.92 Å². The molecule has 0 aliphatic carbocycles. The van der Waals surface area contributed by atoms with E-state index in [0.717, 1.165) is 5.92 Å². The molecule has 0 aliphatic rings. The van der Waals surface area contributed by atoms with Crippen molar-refractivity contribution in [3.05, 3.63) is 11.6 Å². The van der Waals surface area contributed by atoms with Gasteiger partial charge in [-0.25, -0.2) is 0 Å². The lowest BCUT2D eigenvalue weighted by Crippen LogP contribution is -1.96. The summed E-state index contributed by atoms with van der Waals surface area (Å²) in [6.07, 6.45) is 8.62. The Balaban J connectivity index is 3.61. The molecule has 0 rings (SSSR count). The van der Waals surface area contributed by atoms with E-state index in [9.17, 15) is 0 Å². The number of hydrogen-bond acceptors (Lipinski definition) is 1. The number of thioether (sulfide) groups is 1. The van der Waals surface area contributed by atoms with Crippen LogP contribution in [0.1, 0.15) is 40.0 Å². The lowest BCUT2D eigenvalue weighted by molar-refractivity contribution is 0.563. The molecule has 0 bridgehead atoms. The maximum absolute atomic E-state index is 2.42. The van der Waals surface area contributed by atoms with Crippen molar-refractivity contribution in [3.63, 3.8) is 0 Å². The minimum Gasteiger partial charge on any atom is -0.165 e. The van der Waals surface area contributed by atoms with Gasteiger partial charge in [0, 0.05) is 0 Å². The first-order valence-electron chi connectivity index (χ1n) is 4.84. The first kappa shape index (κ1) is 12.1. The summed E-state index contributed by atoms with van der Waals surface area (Å²) in [7, 11) is 0. The average molecular weight is 186 g/mol. The van der Waals surface area contributed by atoms with Gasteiger partial charge >= 0.3 is 0 Å². The van der Waals surface area contributed by atoms with Crippen LogP contribution in [0.5, 0.6) is 0 Å². The number of allylic oxidation sites excluding steroid dienone is 2. The molecule has 0 amide bonds. The Labute approximate surface area is 81.8 Å². The Hall–Kier alpha value is 0.0900. The zero-order chi connectivity index (χ0) is 9.40. The van der Waals surface area contributed by atoms with Gasteiger partial charge in [0.1, 0.15) is 0 Å². The van der Waals surface area contributed by atoms with Crippen LogP contribution in [0.15, 0.2) is 11.6 Å². The van der Waals surface area contributed by atoms with E-state index < -0.39 is 0 Å². The molecule has 0 radical (unpaired) electrons. The molecule has 72 valence electrons. The summed E-state index contributed by atoms with van der Waals surface area (Å²) in [6, 6.07) is 0. The van der Waals surface area contributed by atoms with Crippen molar-refractivity contribution < 1.29 is 0 Å². The van der Waals surface area contributed by atoms with E-state index >= 15 is 0 Å². The number of hydrogen-bond donors (Lipinski definition) is 0. The van der Waals surface area contributed by atoms with Crippen LogP contribution in [-0.2, 0) is 0 Å². The fourth-order valence-corrected chi connectivity index (χ4v) is 1.82. The third-order valence-electron chi connectivity index (χ3n) is 2.02. The van der Waals surface area contributed by atoms with Gasteiger partial charge in [0.05, 0.1) is 0 Å². The standard InChI is InChI=1S/C11H22S/c1-5-11(9-10(2)3)7-6-8-12-4/h9,11H,5-8H2,1-4H3. The minimum atomic E-state index is 0.821. The van der Waals surface area contributed by atoms with E-state index in [1.54, 1.807) is 0 Å². The summed E-state index contributed by atoms with van der Waals surface area (Å²) in [5, 5.41) is 0. The molecule has 0 saturated carbocycles. The molecule has 0 spiro atoms. The highest BCUT2D eigenvalue weighted by atomic mass is 32.2. The normalized spacial score (nSPS) is 12.7. The highest BCUT2D eigenvalue weighted by Crippen LogP contribution is 2.15. The topological polar surface area (TPSA) is 0 Å². The lowest BCUT2D eigenvalue weighted by atomic mass is 9.98. The van der Waals surface area contributed by atoms with Crippen molar-refractivity contribution >= 4 is 11.8 Å². The summed E-state index contributed by atoms with van der Waals surface area (Å²) in [5.41, 5.74) is 1.46. The fourth-order valence-electron chi connectivity index (χ4n) is 1.37. The van der Waals surface area contributed by atoms with Crippen molar-refractivity contribution in [2.75, 3.05) is 12.0 Å². The molecule has 0 saturated heterocycles. The smallest absolute Gasteiger partial charge is 0.00701 e. The highest BCUT2D eigenvalue weighted by Gasteiger charge is 2.01. The highest BCUT2D eigenvalue weighted by molar-refractivity contribution is 7.98. The second-order valence-corrected chi connectivity index (χ2v) is 4.53. The third kappa shape index (κ3) is 6.78. The van der Waals surface area contributed by atoms with Crippen molar-refractivity contribution in [3.8, 4) is 0 Å². The molecule has 0 nitrogen and oxygen atoms in total. The van der Waals surface area contributed by atoms with Gasteiger partial charge in [0.2, 0.25) is 0 Å². The Kier molecular flexibility index (Phi) is 7.78. The quantitative estimate of drug-likeness (QED) is 0.444. The molecule has 0 heterocycles. The molecule has 1 heteroatoms. The summed E-state index contributed by atoms with van der Waals surface area (Å²) < 4.78 is 0. The van der Waals surface area contributed by atoms with Gasteiger partial charge in [-0.05, 0) is 51.0 Å².